The second kappa shape index (κ2) is 9.53. The minimum absolute atomic E-state index is 0.0962. The lowest BCUT2D eigenvalue weighted by molar-refractivity contribution is -0.145. The lowest BCUT2D eigenvalue weighted by Crippen LogP contribution is -2.56. The third kappa shape index (κ3) is 4.32. The Morgan fingerprint density at radius 1 is 0.971 bits per heavy atom. The Bertz CT molecular complexity index is 875. The lowest BCUT2D eigenvalue weighted by atomic mass is 9.70. The first kappa shape index (κ1) is 24.8. The molecule has 3 heterocycles. The van der Waals surface area contributed by atoms with E-state index in [4.69, 9.17) is 4.74 Å². The number of nitrogens with one attached hydrogen (secondary N) is 2. The Balaban J connectivity index is 1.43. The van der Waals surface area contributed by atoms with Crippen LogP contribution in [0.2, 0.25) is 0 Å². The number of carbonyl (C=O) groups excluding carboxylic acids is 3. The van der Waals surface area contributed by atoms with Crippen molar-refractivity contribution in [2.45, 2.75) is 121 Å². The number of hydrogen-bond acceptors (Lipinski definition) is 4. The molecule has 5 atom stereocenters. The molecule has 5 rings (SSSR count). The van der Waals surface area contributed by atoms with Gasteiger partial charge < -0.3 is 20.3 Å². The summed E-state index contributed by atoms with van der Waals surface area (Å²) in [5.74, 6) is -1.20. The molecule has 2 N–H and O–H groups in total. The molecule has 0 unspecified atom stereocenters. The van der Waals surface area contributed by atoms with Crippen molar-refractivity contribution in [2.75, 3.05) is 6.54 Å². The number of fused-ring (bicyclic) bond motifs is 1. The zero-order chi connectivity index (χ0) is 24.8. The summed E-state index contributed by atoms with van der Waals surface area (Å²) in [4.78, 5) is 43.2. The van der Waals surface area contributed by atoms with E-state index >= 15 is 0 Å². The summed E-state index contributed by atoms with van der Waals surface area (Å²) in [5, 5.41) is 6.52. The fourth-order valence-corrected chi connectivity index (χ4v) is 7.33. The van der Waals surface area contributed by atoms with Gasteiger partial charge in [-0.2, -0.15) is 0 Å². The van der Waals surface area contributed by atoms with Crippen LogP contribution in [0.15, 0.2) is 12.2 Å². The van der Waals surface area contributed by atoms with Gasteiger partial charge in [-0.3, -0.25) is 14.4 Å². The second-order valence-corrected chi connectivity index (χ2v) is 12.2. The predicted octanol–water partition coefficient (Wildman–Crippen LogP) is 3.47. The highest BCUT2D eigenvalue weighted by Crippen LogP contribution is 2.59. The molecule has 3 aliphatic heterocycles. The van der Waals surface area contributed by atoms with E-state index < -0.39 is 29.1 Å². The van der Waals surface area contributed by atoms with Gasteiger partial charge in [0, 0.05) is 18.6 Å². The lowest BCUT2D eigenvalue weighted by Gasteiger charge is -2.35. The Kier molecular flexibility index (Phi) is 6.75. The molecular weight excluding hydrogens is 442 g/mol. The van der Waals surface area contributed by atoms with Crippen molar-refractivity contribution >= 4 is 17.7 Å². The highest BCUT2D eigenvalue weighted by Gasteiger charge is 2.76. The van der Waals surface area contributed by atoms with E-state index in [2.05, 4.69) is 24.5 Å². The molecule has 7 nitrogen and oxygen atoms in total. The van der Waals surface area contributed by atoms with Crippen LogP contribution in [0.4, 0.5) is 0 Å². The van der Waals surface area contributed by atoms with Crippen LogP contribution in [-0.2, 0) is 19.1 Å². The summed E-state index contributed by atoms with van der Waals surface area (Å²) in [5.41, 5.74) is -1.94. The van der Waals surface area contributed by atoms with Gasteiger partial charge in [0.1, 0.15) is 11.6 Å². The minimum atomic E-state index is -1.07. The summed E-state index contributed by atoms with van der Waals surface area (Å²) < 4.78 is 6.63. The van der Waals surface area contributed by atoms with Crippen molar-refractivity contribution < 1.29 is 19.1 Å². The molecule has 0 radical (unpaired) electrons. The fraction of sp³-hybridized carbons (Fsp3) is 0.821. The fourth-order valence-electron chi connectivity index (χ4n) is 7.33. The van der Waals surface area contributed by atoms with Crippen LogP contribution in [0, 0.1) is 17.8 Å². The molecule has 2 aliphatic carbocycles. The van der Waals surface area contributed by atoms with Gasteiger partial charge in [-0.1, -0.05) is 64.5 Å². The van der Waals surface area contributed by atoms with Crippen molar-refractivity contribution in [2.24, 2.45) is 17.8 Å². The topological polar surface area (TPSA) is 87.7 Å². The van der Waals surface area contributed by atoms with Gasteiger partial charge in [-0.15, -0.1) is 0 Å². The first-order chi connectivity index (χ1) is 16.7. The zero-order valence-corrected chi connectivity index (χ0v) is 21.7. The van der Waals surface area contributed by atoms with Crippen molar-refractivity contribution in [3.63, 3.8) is 0 Å². The van der Waals surface area contributed by atoms with Crippen molar-refractivity contribution in [1.82, 2.24) is 15.5 Å². The highest BCUT2D eigenvalue weighted by atomic mass is 16.5. The van der Waals surface area contributed by atoms with Gasteiger partial charge in [0.05, 0.1) is 17.4 Å². The summed E-state index contributed by atoms with van der Waals surface area (Å²) in [6.07, 6.45) is 15.5. The summed E-state index contributed by atoms with van der Waals surface area (Å²) in [6, 6.07) is -0.415. The van der Waals surface area contributed by atoms with Crippen LogP contribution in [0.3, 0.4) is 0 Å². The molecule has 4 fully saturated rings. The number of ether oxygens (including phenoxy) is 1. The van der Waals surface area contributed by atoms with Gasteiger partial charge in [-0.25, -0.2) is 0 Å². The van der Waals surface area contributed by atoms with Crippen molar-refractivity contribution in [3.8, 4) is 0 Å². The third-order valence-corrected chi connectivity index (χ3v) is 9.18. The molecule has 3 amide bonds. The summed E-state index contributed by atoms with van der Waals surface area (Å²) in [6.45, 7) is 6.66. The van der Waals surface area contributed by atoms with E-state index in [0.29, 0.717) is 12.5 Å². The maximum absolute atomic E-state index is 14.0. The van der Waals surface area contributed by atoms with Crippen LogP contribution in [0.1, 0.15) is 91.4 Å². The number of amides is 3. The van der Waals surface area contributed by atoms with Crippen LogP contribution < -0.4 is 10.6 Å². The molecule has 0 aromatic heterocycles. The first-order valence-electron chi connectivity index (χ1n) is 14.1. The Morgan fingerprint density at radius 3 is 2.11 bits per heavy atom. The number of nitrogens with zero attached hydrogens (tertiary/aromatic N) is 1. The Morgan fingerprint density at radius 2 is 1.54 bits per heavy atom. The van der Waals surface area contributed by atoms with E-state index in [0.717, 1.165) is 57.8 Å². The van der Waals surface area contributed by atoms with Gasteiger partial charge >= 0.3 is 0 Å². The Labute approximate surface area is 209 Å². The van der Waals surface area contributed by atoms with Crippen LogP contribution in [-0.4, -0.2) is 58.5 Å². The SMILES string of the molecule is CC(C)CCN1C(=O)[C@H]2[C@@H](C(=O)NC3CCCCC3)[C@@]3(C)C=C[C@]2(O3)[C@@H]1C(=O)NC1CCCCC1. The molecule has 0 aromatic carbocycles. The number of carbonyl (C=O) groups is 3. The van der Waals surface area contributed by atoms with Gasteiger partial charge in [0.2, 0.25) is 17.7 Å². The average Bonchev–Trinajstić information content (AvgIpc) is 3.39. The minimum Gasteiger partial charge on any atom is -0.356 e. The molecule has 35 heavy (non-hydrogen) atoms. The molecule has 2 bridgehead atoms. The summed E-state index contributed by atoms with van der Waals surface area (Å²) in [7, 11) is 0. The number of likely N-dealkylation sites (tertiary alicyclic amines) is 1. The molecule has 5 aliphatic rings. The molecule has 7 heteroatoms. The first-order valence-corrected chi connectivity index (χ1v) is 14.1. The number of hydrogen-bond donors (Lipinski definition) is 2. The smallest absolute Gasteiger partial charge is 0.246 e. The quantitative estimate of drug-likeness (QED) is 0.541. The Hall–Kier alpha value is -1.89. The van der Waals surface area contributed by atoms with Gasteiger partial charge in [0.15, 0.2) is 0 Å². The van der Waals surface area contributed by atoms with Crippen LogP contribution >= 0.6 is 0 Å². The predicted molar refractivity (Wildman–Crippen MR) is 133 cm³/mol. The second-order valence-electron chi connectivity index (χ2n) is 12.2. The standard InChI is InChI=1S/C28H43N3O4/c1-18(2)14-17-31-23(25(33)30-20-12-8-5-9-13-20)28-16-15-27(3,35-28)21(22(28)26(31)34)24(32)29-19-10-6-4-7-11-19/h15-16,18-23H,4-14,17H2,1-3H3,(H,29,32)(H,30,33)/t21-,22+,23-,27+,28+/m0/s1. The van der Waals surface area contributed by atoms with Crippen molar-refractivity contribution in [3.05, 3.63) is 12.2 Å². The molecular formula is C28H43N3O4. The van der Waals surface area contributed by atoms with Crippen LogP contribution in [0.5, 0.6) is 0 Å². The highest BCUT2D eigenvalue weighted by molar-refractivity contribution is 6.00. The van der Waals surface area contributed by atoms with Crippen LogP contribution in [0.25, 0.3) is 0 Å². The largest absolute Gasteiger partial charge is 0.356 e. The normalized spacial score (nSPS) is 37.2. The van der Waals surface area contributed by atoms with E-state index in [9.17, 15) is 14.4 Å². The van der Waals surface area contributed by atoms with Gasteiger partial charge in [-0.05, 0) is 44.9 Å². The monoisotopic (exact) mass is 485 g/mol. The van der Waals surface area contributed by atoms with Gasteiger partial charge in [0.25, 0.3) is 0 Å². The van der Waals surface area contributed by atoms with E-state index in [1.165, 1.54) is 12.8 Å². The third-order valence-electron chi connectivity index (χ3n) is 9.18. The summed E-state index contributed by atoms with van der Waals surface area (Å²) >= 11 is 0. The van der Waals surface area contributed by atoms with E-state index in [-0.39, 0.29) is 29.8 Å². The maximum atomic E-state index is 14.0. The molecule has 2 saturated carbocycles. The molecule has 0 aromatic rings. The molecule has 2 saturated heterocycles. The molecule has 1 spiro atoms. The molecule has 194 valence electrons. The van der Waals surface area contributed by atoms with E-state index in [1.54, 1.807) is 4.90 Å². The number of rotatable bonds is 7. The van der Waals surface area contributed by atoms with Crippen molar-refractivity contribution in [1.29, 1.82) is 0 Å². The van der Waals surface area contributed by atoms with E-state index in [1.807, 2.05) is 19.1 Å². The zero-order valence-electron chi connectivity index (χ0n) is 21.7. The average molecular weight is 486 g/mol. The maximum Gasteiger partial charge on any atom is 0.246 e.